The summed E-state index contributed by atoms with van der Waals surface area (Å²) in [7, 11) is -3.91. The lowest BCUT2D eigenvalue weighted by Gasteiger charge is -2.36. The van der Waals surface area contributed by atoms with E-state index >= 15 is 0 Å². The first-order valence-corrected chi connectivity index (χ1v) is 8.62. The maximum atomic E-state index is 13.2. The zero-order valence-electron chi connectivity index (χ0n) is 10.5. The van der Waals surface area contributed by atoms with Crippen molar-refractivity contribution in [2.24, 2.45) is 0 Å². The van der Waals surface area contributed by atoms with Gasteiger partial charge in [-0.3, -0.25) is 0 Å². The van der Waals surface area contributed by atoms with Crippen molar-refractivity contribution in [3.8, 4) is 0 Å². The van der Waals surface area contributed by atoms with Gasteiger partial charge in [0, 0.05) is 24.1 Å². The highest BCUT2D eigenvalue weighted by atomic mass is 79.9. The van der Waals surface area contributed by atoms with Gasteiger partial charge in [-0.1, -0.05) is 15.9 Å². The Morgan fingerprint density at radius 3 is 2.45 bits per heavy atom. The average Bonchev–Trinajstić information content (AvgIpc) is 2.42. The average molecular weight is 370 g/mol. The van der Waals surface area contributed by atoms with Gasteiger partial charge in [-0.2, -0.15) is 0 Å². The molecule has 4 nitrogen and oxygen atoms in total. The van der Waals surface area contributed by atoms with Crippen LogP contribution in [0.25, 0.3) is 0 Å². The fraction of sp³-hybridized carbons (Fsp3) is 0.500. The minimum atomic E-state index is -3.91. The molecule has 0 unspecified atom stereocenters. The van der Waals surface area contributed by atoms with Crippen molar-refractivity contribution in [2.75, 3.05) is 18.5 Å². The first kappa shape index (κ1) is 15.8. The van der Waals surface area contributed by atoms with Crippen LogP contribution < -0.4 is 4.72 Å². The Morgan fingerprint density at radius 2 is 1.90 bits per heavy atom. The molecule has 20 heavy (non-hydrogen) atoms. The smallest absolute Gasteiger partial charge is 0.241 e. The van der Waals surface area contributed by atoms with E-state index in [0.29, 0.717) is 37.5 Å². The van der Waals surface area contributed by atoms with Crippen molar-refractivity contribution < 1.29 is 21.9 Å². The summed E-state index contributed by atoms with van der Waals surface area (Å²) in [4.78, 5) is -0.289. The van der Waals surface area contributed by atoms with Crippen LogP contribution in [0.1, 0.15) is 12.8 Å². The molecular formula is C12H14BrF2NO3S. The van der Waals surface area contributed by atoms with Gasteiger partial charge in [-0.15, -0.1) is 0 Å². The third-order valence-corrected chi connectivity index (χ3v) is 5.91. The second-order valence-corrected chi connectivity index (χ2v) is 6.95. The topological polar surface area (TPSA) is 55.4 Å². The number of hydrogen-bond donors (Lipinski definition) is 1. The molecule has 1 aromatic carbocycles. The molecule has 0 radical (unpaired) electrons. The lowest BCUT2D eigenvalue weighted by molar-refractivity contribution is 0.0557. The molecule has 1 aromatic rings. The van der Waals surface area contributed by atoms with Gasteiger partial charge >= 0.3 is 0 Å². The largest absolute Gasteiger partial charge is 0.381 e. The number of alkyl halides is 1. The molecule has 0 atom stereocenters. The second kappa shape index (κ2) is 6.05. The number of hydrogen-bond acceptors (Lipinski definition) is 3. The lowest BCUT2D eigenvalue weighted by atomic mass is 9.94. The van der Waals surface area contributed by atoms with Gasteiger partial charge in [0.25, 0.3) is 0 Å². The van der Waals surface area contributed by atoms with Crippen LogP contribution in [0.5, 0.6) is 0 Å². The van der Waals surface area contributed by atoms with E-state index in [1.807, 2.05) is 0 Å². The highest BCUT2D eigenvalue weighted by Crippen LogP contribution is 2.26. The van der Waals surface area contributed by atoms with E-state index in [-0.39, 0.29) is 4.90 Å². The summed E-state index contributed by atoms with van der Waals surface area (Å²) in [6.45, 7) is 0.901. The molecule has 112 valence electrons. The molecule has 8 heteroatoms. The van der Waals surface area contributed by atoms with E-state index in [4.69, 9.17) is 4.74 Å². The summed E-state index contributed by atoms with van der Waals surface area (Å²) >= 11 is 3.30. The van der Waals surface area contributed by atoms with E-state index in [1.54, 1.807) is 0 Å². The Balaban J connectivity index is 2.27. The molecule has 0 aromatic heterocycles. The van der Waals surface area contributed by atoms with Crippen LogP contribution in [0.3, 0.4) is 0 Å². The van der Waals surface area contributed by atoms with Gasteiger partial charge in [0.2, 0.25) is 10.0 Å². The molecule has 2 rings (SSSR count). The van der Waals surface area contributed by atoms with Crippen LogP contribution in [0.2, 0.25) is 0 Å². The molecule has 1 saturated heterocycles. The Morgan fingerprint density at radius 1 is 1.25 bits per heavy atom. The summed E-state index contributed by atoms with van der Waals surface area (Å²) < 4.78 is 58.4. The van der Waals surface area contributed by atoms with Crippen LogP contribution in [0.4, 0.5) is 8.78 Å². The first-order valence-electron chi connectivity index (χ1n) is 6.01. The second-order valence-electron chi connectivity index (χ2n) is 4.71. The number of ether oxygens (including phenoxy) is 1. The molecule has 1 heterocycles. The molecule has 0 saturated carbocycles. The van der Waals surface area contributed by atoms with E-state index in [2.05, 4.69) is 20.7 Å². The quantitative estimate of drug-likeness (QED) is 0.827. The fourth-order valence-corrected chi connectivity index (χ4v) is 4.37. The lowest BCUT2D eigenvalue weighted by Crippen LogP contribution is -2.53. The van der Waals surface area contributed by atoms with Crippen LogP contribution >= 0.6 is 15.9 Å². The van der Waals surface area contributed by atoms with E-state index in [0.717, 1.165) is 12.1 Å². The third kappa shape index (κ3) is 3.36. The minimum absolute atomic E-state index is 0.289. The standard InChI is InChI=1S/C12H14BrF2NO3S/c13-8-12(3-5-19-6-4-12)16-20(17,18)9-1-2-10(14)11(15)7-9/h1-2,7,16H,3-6,8H2. The molecule has 1 aliphatic heterocycles. The van der Waals surface area contributed by atoms with Gasteiger partial charge in [0.15, 0.2) is 11.6 Å². The molecule has 0 amide bonds. The van der Waals surface area contributed by atoms with Gasteiger partial charge in [0.1, 0.15) is 0 Å². The summed E-state index contributed by atoms with van der Waals surface area (Å²) in [5, 5.41) is 0.423. The third-order valence-electron chi connectivity index (χ3n) is 3.26. The SMILES string of the molecule is O=S(=O)(NC1(CBr)CCOCC1)c1ccc(F)c(F)c1. The monoisotopic (exact) mass is 369 g/mol. The number of nitrogens with one attached hydrogen (secondary N) is 1. The highest BCUT2D eigenvalue weighted by Gasteiger charge is 2.36. The Hall–Kier alpha value is -0.570. The van der Waals surface area contributed by atoms with Gasteiger partial charge in [0.05, 0.1) is 4.90 Å². The number of benzene rings is 1. The van der Waals surface area contributed by atoms with Crippen LogP contribution in [0.15, 0.2) is 23.1 Å². The van der Waals surface area contributed by atoms with Crippen molar-refractivity contribution in [3.05, 3.63) is 29.8 Å². The summed E-state index contributed by atoms with van der Waals surface area (Å²) in [5.74, 6) is -2.27. The number of halogens is 3. The molecule has 0 spiro atoms. The normalized spacial score (nSPS) is 18.9. The zero-order valence-corrected chi connectivity index (χ0v) is 12.9. The van der Waals surface area contributed by atoms with Crippen LogP contribution in [-0.4, -0.2) is 32.5 Å². The predicted molar refractivity (Wildman–Crippen MR) is 73.3 cm³/mol. The van der Waals surface area contributed by atoms with Gasteiger partial charge in [-0.05, 0) is 31.0 Å². The molecule has 0 bridgehead atoms. The van der Waals surface area contributed by atoms with Gasteiger partial charge < -0.3 is 4.74 Å². The summed E-state index contributed by atoms with van der Waals surface area (Å²) in [5.41, 5.74) is -0.665. The van der Waals surface area contributed by atoms with E-state index in [9.17, 15) is 17.2 Å². The molecule has 1 aliphatic rings. The zero-order chi connectivity index (χ0) is 14.8. The summed E-state index contributed by atoms with van der Waals surface area (Å²) in [6, 6.07) is 2.52. The van der Waals surface area contributed by atoms with Crippen molar-refractivity contribution in [3.63, 3.8) is 0 Å². The van der Waals surface area contributed by atoms with Crippen LogP contribution in [0, 0.1) is 11.6 Å². The Labute approximate surface area is 124 Å². The van der Waals surface area contributed by atoms with Gasteiger partial charge in [-0.25, -0.2) is 21.9 Å². The Bertz CT molecular complexity index is 588. The van der Waals surface area contributed by atoms with E-state index in [1.165, 1.54) is 0 Å². The predicted octanol–water partition coefficient (Wildman–Crippen LogP) is 2.19. The molecule has 1 fully saturated rings. The summed E-state index contributed by atoms with van der Waals surface area (Å²) in [6.07, 6.45) is 1.03. The van der Waals surface area contributed by atoms with Crippen LogP contribution in [-0.2, 0) is 14.8 Å². The molecule has 1 N–H and O–H groups in total. The molecular weight excluding hydrogens is 356 g/mol. The molecule has 0 aliphatic carbocycles. The highest BCUT2D eigenvalue weighted by molar-refractivity contribution is 9.09. The van der Waals surface area contributed by atoms with Crippen molar-refractivity contribution in [1.82, 2.24) is 4.72 Å². The maximum Gasteiger partial charge on any atom is 0.241 e. The van der Waals surface area contributed by atoms with Crippen molar-refractivity contribution in [1.29, 1.82) is 0 Å². The van der Waals surface area contributed by atoms with Crippen molar-refractivity contribution in [2.45, 2.75) is 23.3 Å². The number of rotatable bonds is 4. The number of sulfonamides is 1. The first-order chi connectivity index (χ1) is 9.38. The van der Waals surface area contributed by atoms with E-state index < -0.39 is 27.2 Å². The maximum absolute atomic E-state index is 13.2. The fourth-order valence-electron chi connectivity index (χ4n) is 2.01. The Kier molecular flexibility index (Phi) is 4.78. The van der Waals surface area contributed by atoms with Crippen molar-refractivity contribution >= 4 is 26.0 Å². The minimum Gasteiger partial charge on any atom is -0.381 e.